The molecule has 3 N–H and O–H groups in total. The van der Waals surface area contributed by atoms with Crippen LogP contribution in [0.5, 0.6) is 0 Å². The highest BCUT2D eigenvalue weighted by atomic mass is 16.5. The second-order valence-corrected chi connectivity index (χ2v) is 18.9. The van der Waals surface area contributed by atoms with Crippen LogP contribution in [0, 0.1) is 0 Å². The first-order chi connectivity index (χ1) is 30.5. The van der Waals surface area contributed by atoms with Gasteiger partial charge in [0.15, 0.2) is 0 Å². The Balaban J connectivity index is 3.37. The molecule has 0 aromatic rings. The van der Waals surface area contributed by atoms with E-state index >= 15 is 0 Å². The fraction of sp³-hybridized carbons (Fsp3) is 0.893. The van der Waals surface area contributed by atoms with E-state index in [1.165, 1.54) is 212 Å². The van der Waals surface area contributed by atoms with Gasteiger partial charge in [-0.25, -0.2) is 0 Å². The maximum atomic E-state index is 12.4. The minimum absolute atomic E-state index is 0.00281. The van der Waals surface area contributed by atoms with Gasteiger partial charge in [-0.1, -0.05) is 256 Å². The van der Waals surface area contributed by atoms with Crippen molar-refractivity contribution in [1.29, 1.82) is 0 Å². The van der Waals surface area contributed by atoms with Crippen LogP contribution < -0.4 is 5.32 Å². The second-order valence-electron chi connectivity index (χ2n) is 18.9. The highest BCUT2D eigenvalue weighted by Crippen LogP contribution is 2.17. The van der Waals surface area contributed by atoms with Crippen LogP contribution >= 0.6 is 0 Å². The number of hydrogen-bond acceptors (Lipinski definition) is 5. The lowest BCUT2D eigenvalue weighted by Gasteiger charge is -2.22. The number of carbonyl (C=O) groups is 2. The number of carbonyl (C=O) groups excluding carboxylic acids is 2. The highest BCUT2D eigenvalue weighted by molar-refractivity contribution is 5.76. The minimum atomic E-state index is -0.663. The summed E-state index contributed by atoms with van der Waals surface area (Å²) in [5, 5.41) is 23.1. The number of amides is 1. The average molecular weight is 874 g/mol. The SMILES string of the molecule is CCCC/C=C\C/C=C\CCCCCCCC(=O)OCCCCCCCCCCCCCCCCCCCCCCCC(=O)NC(CO)C(O)CCCCCCCCCCCC. The van der Waals surface area contributed by atoms with Gasteiger partial charge in [-0.3, -0.25) is 9.59 Å². The quantitative estimate of drug-likeness (QED) is 0.0321. The number of esters is 1. The number of aliphatic hydroxyl groups is 2. The van der Waals surface area contributed by atoms with Crippen molar-refractivity contribution in [3.8, 4) is 0 Å². The van der Waals surface area contributed by atoms with Gasteiger partial charge < -0.3 is 20.3 Å². The number of allylic oxidation sites excluding steroid dienone is 4. The van der Waals surface area contributed by atoms with Gasteiger partial charge in [-0.05, 0) is 51.4 Å². The summed E-state index contributed by atoms with van der Waals surface area (Å²) in [5.41, 5.74) is 0. The van der Waals surface area contributed by atoms with Crippen LogP contribution in [0.2, 0.25) is 0 Å². The first-order valence-corrected chi connectivity index (χ1v) is 27.6. The Hall–Kier alpha value is -1.66. The lowest BCUT2D eigenvalue weighted by atomic mass is 10.0. The predicted molar refractivity (Wildman–Crippen MR) is 269 cm³/mol. The van der Waals surface area contributed by atoms with Crippen LogP contribution in [0.25, 0.3) is 0 Å². The van der Waals surface area contributed by atoms with E-state index in [1.807, 2.05) is 0 Å². The van der Waals surface area contributed by atoms with E-state index in [0.717, 1.165) is 51.4 Å². The summed E-state index contributed by atoms with van der Waals surface area (Å²) in [6.45, 7) is 4.89. The molecule has 0 aliphatic rings. The Bertz CT molecular complexity index is 966. The van der Waals surface area contributed by atoms with Gasteiger partial charge in [0.2, 0.25) is 5.91 Å². The Kier molecular flexibility index (Phi) is 50.6. The van der Waals surface area contributed by atoms with Gasteiger partial charge in [0.05, 0.1) is 25.4 Å². The number of nitrogens with one attached hydrogen (secondary N) is 1. The molecule has 0 rings (SSSR count). The van der Waals surface area contributed by atoms with E-state index in [-0.39, 0.29) is 18.5 Å². The molecule has 2 unspecified atom stereocenters. The van der Waals surface area contributed by atoms with Gasteiger partial charge >= 0.3 is 5.97 Å². The largest absolute Gasteiger partial charge is 0.466 e. The molecule has 0 heterocycles. The van der Waals surface area contributed by atoms with Crippen LogP contribution in [0.1, 0.15) is 296 Å². The van der Waals surface area contributed by atoms with Gasteiger partial charge in [0, 0.05) is 12.8 Å². The maximum Gasteiger partial charge on any atom is 0.305 e. The molecule has 0 aromatic carbocycles. The maximum absolute atomic E-state index is 12.4. The number of rotatable bonds is 51. The number of ether oxygens (including phenoxy) is 1. The molecule has 0 aromatic heterocycles. The number of aliphatic hydroxyl groups excluding tert-OH is 2. The Labute approximate surface area is 386 Å². The predicted octanol–water partition coefficient (Wildman–Crippen LogP) is 16.7. The van der Waals surface area contributed by atoms with Crippen molar-refractivity contribution >= 4 is 11.9 Å². The first kappa shape index (κ1) is 60.3. The van der Waals surface area contributed by atoms with Gasteiger partial charge in [0.25, 0.3) is 0 Å². The summed E-state index contributed by atoms with van der Waals surface area (Å²) in [6, 6.07) is -0.540. The van der Waals surface area contributed by atoms with Crippen LogP contribution in [-0.2, 0) is 14.3 Å². The molecule has 366 valence electrons. The van der Waals surface area contributed by atoms with E-state index in [2.05, 4.69) is 43.5 Å². The molecule has 62 heavy (non-hydrogen) atoms. The molecule has 1 amide bonds. The lowest BCUT2D eigenvalue weighted by Crippen LogP contribution is -2.45. The Morgan fingerprint density at radius 2 is 0.823 bits per heavy atom. The van der Waals surface area contributed by atoms with E-state index < -0.39 is 12.1 Å². The first-order valence-electron chi connectivity index (χ1n) is 27.6. The molecule has 0 fully saturated rings. The molecule has 2 atom stereocenters. The third-order valence-electron chi connectivity index (χ3n) is 12.8. The summed E-state index contributed by atoms with van der Waals surface area (Å²) >= 11 is 0. The van der Waals surface area contributed by atoms with E-state index in [4.69, 9.17) is 4.74 Å². The number of unbranched alkanes of at least 4 members (excludes halogenated alkanes) is 36. The molecule has 6 heteroatoms. The van der Waals surface area contributed by atoms with Crippen LogP contribution in [0.4, 0.5) is 0 Å². The minimum Gasteiger partial charge on any atom is -0.466 e. The van der Waals surface area contributed by atoms with Crippen LogP contribution in [-0.4, -0.2) is 47.4 Å². The van der Waals surface area contributed by atoms with E-state index in [9.17, 15) is 19.8 Å². The van der Waals surface area contributed by atoms with Crippen molar-refractivity contribution < 1.29 is 24.5 Å². The third kappa shape index (κ3) is 47.8. The Morgan fingerprint density at radius 1 is 0.452 bits per heavy atom. The standard InChI is InChI=1S/C56H107NO5/c1-3-5-7-9-11-13-15-16-27-30-34-38-42-46-50-56(61)62-51-47-43-39-35-31-28-25-23-21-19-17-18-20-22-24-26-29-33-37-41-45-49-55(60)57-53(52-58)54(59)48-44-40-36-32-14-12-10-8-6-4-2/h9,11,15-16,53-54,58-59H,3-8,10,12-14,17-52H2,1-2H3,(H,57,60)/b11-9-,16-15-. The fourth-order valence-corrected chi connectivity index (χ4v) is 8.48. The molecule has 0 spiro atoms. The van der Waals surface area contributed by atoms with Gasteiger partial charge in [-0.15, -0.1) is 0 Å². The molecule has 6 nitrogen and oxygen atoms in total. The summed E-state index contributed by atoms with van der Waals surface area (Å²) in [6.07, 6.45) is 61.7. The summed E-state index contributed by atoms with van der Waals surface area (Å²) in [4.78, 5) is 24.4. The topological polar surface area (TPSA) is 95.9 Å². The van der Waals surface area contributed by atoms with Gasteiger partial charge in [-0.2, -0.15) is 0 Å². The molecule has 0 aliphatic heterocycles. The molecule has 0 radical (unpaired) electrons. The fourth-order valence-electron chi connectivity index (χ4n) is 8.48. The van der Waals surface area contributed by atoms with Crippen LogP contribution in [0.3, 0.4) is 0 Å². The molecule has 0 aliphatic carbocycles. The van der Waals surface area contributed by atoms with Crippen molar-refractivity contribution in [1.82, 2.24) is 5.32 Å². The summed E-state index contributed by atoms with van der Waals surface area (Å²) < 4.78 is 5.47. The molecule has 0 saturated heterocycles. The zero-order chi connectivity index (χ0) is 45.1. The molecular formula is C56H107NO5. The summed E-state index contributed by atoms with van der Waals surface area (Å²) in [5.74, 6) is -0.0404. The van der Waals surface area contributed by atoms with Crippen molar-refractivity contribution in [2.24, 2.45) is 0 Å². The molecule has 0 bridgehead atoms. The monoisotopic (exact) mass is 874 g/mol. The van der Waals surface area contributed by atoms with Crippen molar-refractivity contribution in [3.05, 3.63) is 24.3 Å². The van der Waals surface area contributed by atoms with Crippen LogP contribution in [0.15, 0.2) is 24.3 Å². The number of hydrogen-bond donors (Lipinski definition) is 3. The van der Waals surface area contributed by atoms with Gasteiger partial charge in [0.1, 0.15) is 0 Å². The zero-order valence-electron chi connectivity index (χ0n) is 41.6. The normalized spacial score (nSPS) is 12.8. The second kappa shape index (κ2) is 52.0. The molecular weight excluding hydrogens is 767 g/mol. The molecule has 0 saturated carbocycles. The van der Waals surface area contributed by atoms with Crippen molar-refractivity contribution in [2.75, 3.05) is 13.2 Å². The van der Waals surface area contributed by atoms with E-state index in [1.54, 1.807) is 0 Å². The lowest BCUT2D eigenvalue weighted by molar-refractivity contribution is -0.143. The average Bonchev–Trinajstić information content (AvgIpc) is 3.27. The van der Waals surface area contributed by atoms with Crippen molar-refractivity contribution in [3.63, 3.8) is 0 Å². The smallest absolute Gasteiger partial charge is 0.305 e. The highest BCUT2D eigenvalue weighted by Gasteiger charge is 2.20. The summed E-state index contributed by atoms with van der Waals surface area (Å²) in [7, 11) is 0. The third-order valence-corrected chi connectivity index (χ3v) is 12.8. The van der Waals surface area contributed by atoms with Crippen molar-refractivity contribution in [2.45, 2.75) is 309 Å². The van der Waals surface area contributed by atoms with E-state index in [0.29, 0.717) is 25.9 Å². The Morgan fingerprint density at radius 3 is 1.27 bits per heavy atom. The zero-order valence-corrected chi connectivity index (χ0v) is 41.6.